The van der Waals surface area contributed by atoms with Gasteiger partial charge in [0.2, 0.25) is 5.91 Å². The third-order valence-electron chi connectivity index (χ3n) is 5.65. The number of hydrogen-bond donors (Lipinski definition) is 0. The van der Waals surface area contributed by atoms with Gasteiger partial charge in [0.25, 0.3) is 0 Å². The lowest BCUT2D eigenvalue weighted by Crippen LogP contribution is -2.51. The molecule has 2 aliphatic heterocycles. The lowest BCUT2D eigenvalue weighted by molar-refractivity contribution is -0.145. The molecule has 2 saturated heterocycles. The van der Waals surface area contributed by atoms with Gasteiger partial charge in [-0.25, -0.2) is 0 Å². The molecule has 1 amide bonds. The Balaban J connectivity index is 1.70. The van der Waals surface area contributed by atoms with Gasteiger partial charge in [0.15, 0.2) is 0 Å². The van der Waals surface area contributed by atoms with Gasteiger partial charge in [-0.05, 0) is 48.8 Å². The van der Waals surface area contributed by atoms with Crippen LogP contribution < -0.4 is 0 Å². The summed E-state index contributed by atoms with van der Waals surface area (Å²) < 4.78 is 5.33. The summed E-state index contributed by atoms with van der Waals surface area (Å²) in [4.78, 5) is 14.8. The zero-order valence-corrected chi connectivity index (χ0v) is 14.8. The quantitative estimate of drug-likeness (QED) is 0.823. The Kier molecular flexibility index (Phi) is 4.85. The summed E-state index contributed by atoms with van der Waals surface area (Å²) in [5.41, 5.74) is 0.363. The summed E-state index contributed by atoms with van der Waals surface area (Å²) in [6, 6.07) is 10.3. The number of hydrogen-bond acceptors (Lipinski definition) is 3. The van der Waals surface area contributed by atoms with Gasteiger partial charge >= 0.3 is 0 Å². The van der Waals surface area contributed by atoms with Crippen LogP contribution in [0.4, 0.5) is 0 Å². The molecule has 24 heavy (non-hydrogen) atoms. The second-order valence-electron chi connectivity index (χ2n) is 7.17. The van der Waals surface area contributed by atoms with Crippen molar-refractivity contribution in [3.05, 3.63) is 34.9 Å². The summed E-state index contributed by atoms with van der Waals surface area (Å²) in [7, 11) is 0. The molecule has 0 radical (unpaired) electrons. The fourth-order valence-corrected chi connectivity index (χ4v) is 3.94. The van der Waals surface area contributed by atoms with Crippen LogP contribution in [0.3, 0.4) is 0 Å². The molecule has 2 aliphatic rings. The minimum atomic E-state index is -0.887. The average Bonchev–Trinajstić information content (AvgIpc) is 2.62. The smallest absolute Gasteiger partial charge is 0.243 e. The molecule has 0 N–H and O–H groups in total. The number of carbonyl (C=O) groups excluding carboxylic acids is 1. The molecule has 0 bridgehead atoms. The van der Waals surface area contributed by atoms with E-state index in [9.17, 15) is 10.1 Å². The van der Waals surface area contributed by atoms with Crippen LogP contribution in [0.2, 0.25) is 5.02 Å². The minimum Gasteiger partial charge on any atom is -0.381 e. The molecule has 0 saturated carbocycles. The van der Waals surface area contributed by atoms with E-state index in [1.54, 1.807) is 0 Å². The Bertz CT molecular complexity index is 654. The maximum atomic E-state index is 12.9. The fraction of sp³-hybridized carbons (Fsp3) is 0.579. The lowest BCUT2D eigenvalue weighted by Gasteiger charge is -2.43. The van der Waals surface area contributed by atoms with Gasteiger partial charge in [0, 0.05) is 31.3 Å². The number of halogens is 1. The highest BCUT2D eigenvalue weighted by atomic mass is 35.5. The van der Waals surface area contributed by atoms with Gasteiger partial charge in [-0.2, -0.15) is 5.26 Å². The van der Waals surface area contributed by atoms with Crippen molar-refractivity contribution in [2.75, 3.05) is 26.3 Å². The fourth-order valence-electron chi connectivity index (χ4n) is 3.75. The molecule has 2 heterocycles. The SMILES string of the molecule is CC1(c2cccc(Cl)c2)CCN(C(=O)C2(C#N)CCOCC2)CC1. The van der Waals surface area contributed by atoms with Crippen molar-refractivity contribution in [1.29, 1.82) is 5.26 Å². The van der Waals surface area contributed by atoms with Crippen molar-refractivity contribution in [3.8, 4) is 6.07 Å². The molecule has 4 nitrogen and oxygen atoms in total. The van der Waals surface area contributed by atoms with Gasteiger partial charge in [0.05, 0.1) is 6.07 Å². The molecule has 2 fully saturated rings. The summed E-state index contributed by atoms with van der Waals surface area (Å²) >= 11 is 6.13. The van der Waals surface area contributed by atoms with Crippen LogP contribution in [0.1, 0.15) is 38.2 Å². The van der Waals surface area contributed by atoms with E-state index in [-0.39, 0.29) is 11.3 Å². The second-order valence-corrected chi connectivity index (χ2v) is 7.61. The van der Waals surface area contributed by atoms with Crippen molar-refractivity contribution in [3.63, 3.8) is 0 Å². The lowest BCUT2D eigenvalue weighted by atomic mass is 9.73. The van der Waals surface area contributed by atoms with Crippen molar-refractivity contribution in [1.82, 2.24) is 4.90 Å². The Labute approximate surface area is 148 Å². The van der Waals surface area contributed by atoms with Crippen molar-refractivity contribution >= 4 is 17.5 Å². The van der Waals surface area contributed by atoms with Gasteiger partial charge in [-0.1, -0.05) is 30.7 Å². The first-order chi connectivity index (χ1) is 11.5. The number of likely N-dealkylation sites (tertiary alicyclic amines) is 1. The van der Waals surface area contributed by atoms with E-state index in [4.69, 9.17) is 16.3 Å². The molecular formula is C19H23ClN2O2. The largest absolute Gasteiger partial charge is 0.381 e. The first-order valence-electron chi connectivity index (χ1n) is 8.54. The molecule has 3 rings (SSSR count). The summed E-state index contributed by atoms with van der Waals surface area (Å²) in [6.07, 6.45) is 2.78. The van der Waals surface area contributed by atoms with Gasteiger partial charge in [0.1, 0.15) is 5.41 Å². The Hall–Kier alpha value is -1.57. The van der Waals surface area contributed by atoms with Gasteiger partial charge in [-0.3, -0.25) is 4.79 Å². The van der Waals surface area contributed by atoms with E-state index in [0.717, 1.165) is 17.9 Å². The molecule has 1 aromatic carbocycles. The molecular weight excluding hydrogens is 324 g/mol. The Morgan fingerprint density at radius 2 is 1.92 bits per heavy atom. The average molecular weight is 347 g/mol. The molecule has 128 valence electrons. The number of benzene rings is 1. The van der Waals surface area contributed by atoms with Crippen LogP contribution in [0.5, 0.6) is 0 Å². The minimum absolute atomic E-state index is 0.0126. The van der Waals surface area contributed by atoms with E-state index in [2.05, 4.69) is 19.1 Å². The molecule has 1 aromatic rings. The molecule has 0 atom stereocenters. The normalized spacial score (nSPS) is 22.6. The van der Waals surface area contributed by atoms with E-state index in [1.807, 2.05) is 23.1 Å². The number of amides is 1. The highest BCUT2D eigenvalue weighted by molar-refractivity contribution is 6.30. The van der Waals surface area contributed by atoms with E-state index < -0.39 is 5.41 Å². The van der Waals surface area contributed by atoms with Crippen molar-refractivity contribution in [2.24, 2.45) is 5.41 Å². The van der Waals surface area contributed by atoms with Gasteiger partial charge < -0.3 is 9.64 Å². The first kappa shape index (κ1) is 17.3. The number of piperidine rings is 1. The number of nitriles is 1. The summed E-state index contributed by atoms with van der Waals surface area (Å²) in [5.74, 6) is -0.0126. The molecule has 5 heteroatoms. The first-order valence-corrected chi connectivity index (χ1v) is 8.91. The number of carbonyl (C=O) groups is 1. The van der Waals surface area contributed by atoms with Crippen LogP contribution in [-0.2, 0) is 14.9 Å². The van der Waals surface area contributed by atoms with Crippen LogP contribution in [-0.4, -0.2) is 37.1 Å². The molecule has 0 unspecified atom stereocenters. The molecule has 0 aliphatic carbocycles. The maximum absolute atomic E-state index is 12.9. The number of ether oxygens (including phenoxy) is 1. The maximum Gasteiger partial charge on any atom is 0.243 e. The van der Waals surface area contributed by atoms with Crippen LogP contribution in [0, 0.1) is 16.7 Å². The van der Waals surface area contributed by atoms with Crippen LogP contribution in [0.15, 0.2) is 24.3 Å². The number of nitrogens with zero attached hydrogens (tertiary/aromatic N) is 2. The predicted molar refractivity (Wildman–Crippen MR) is 92.7 cm³/mol. The van der Waals surface area contributed by atoms with Crippen molar-refractivity contribution < 1.29 is 9.53 Å². The third kappa shape index (κ3) is 3.16. The van der Waals surface area contributed by atoms with Crippen molar-refractivity contribution in [2.45, 2.75) is 38.0 Å². The second kappa shape index (κ2) is 6.74. The molecule has 0 aromatic heterocycles. The number of rotatable bonds is 2. The summed E-state index contributed by atoms with van der Waals surface area (Å²) in [6.45, 7) is 4.59. The summed E-state index contributed by atoms with van der Waals surface area (Å²) in [5, 5.41) is 10.3. The third-order valence-corrected chi connectivity index (χ3v) is 5.88. The monoisotopic (exact) mass is 346 g/mol. The highest BCUT2D eigenvalue weighted by Gasteiger charge is 2.45. The zero-order chi connectivity index (χ0) is 17.2. The van der Waals surface area contributed by atoms with Crippen LogP contribution >= 0.6 is 11.6 Å². The topological polar surface area (TPSA) is 53.3 Å². The Morgan fingerprint density at radius 1 is 1.25 bits per heavy atom. The Morgan fingerprint density at radius 3 is 2.50 bits per heavy atom. The van der Waals surface area contributed by atoms with E-state index in [0.29, 0.717) is 39.1 Å². The van der Waals surface area contributed by atoms with Gasteiger partial charge in [-0.15, -0.1) is 0 Å². The molecule has 0 spiro atoms. The highest BCUT2D eigenvalue weighted by Crippen LogP contribution is 2.38. The predicted octanol–water partition coefficient (Wildman–Crippen LogP) is 3.54. The van der Waals surface area contributed by atoms with Crippen LogP contribution in [0.25, 0.3) is 0 Å². The van der Waals surface area contributed by atoms with E-state index in [1.165, 1.54) is 5.56 Å². The van der Waals surface area contributed by atoms with E-state index >= 15 is 0 Å². The standard InChI is InChI=1S/C19H23ClN2O2/c1-18(15-3-2-4-16(20)13-15)5-9-22(10-6-18)17(23)19(14-21)7-11-24-12-8-19/h2-4,13H,5-12H2,1H3. The zero-order valence-electron chi connectivity index (χ0n) is 14.1.